The van der Waals surface area contributed by atoms with Gasteiger partial charge >= 0.3 is 35.8 Å². The topological polar surface area (TPSA) is 349 Å². The summed E-state index contributed by atoms with van der Waals surface area (Å²) >= 11 is 11.9. The summed E-state index contributed by atoms with van der Waals surface area (Å²) in [6, 6.07) is 25.0. The molecule has 2 aromatic heterocycles. The molecule has 0 aliphatic heterocycles. The highest BCUT2D eigenvalue weighted by atomic mass is 35.5. The highest BCUT2D eigenvalue weighted by Gasteiger charge is 2.29. The molecule has 0 saturated carbocycles. The predicted molar refractivity (Wildman–Crippen MR) is 287 cm³/mol. The highest BCUT2D eigenvalue weighted by molar-refractivity contribution is 6.66. The number of hydrazine groups is 2. The van der Waals surface area contributed by atoms with Gasteiger partial charge in [0.2, 0.25) is 17.6 Å². The molecular formula is C52H57BCl2F2N7O17. The summed E-state index contributed by atoms with van der Waals surface area (Å²) in [5.41, 5.74) is 11.5. The van der Waals surface area contributed by atoms with Crippen LogP contribution in [-0.2, 0) is 51.3 Å². The maximum absolute atomic E-state index is 14.3. The number of nitrogens with one attached hydrogen (secondary N) is 1. The van der Waals surface area contributed by atoms with E-state index in [-0.39, 0.29) is 68.4 Å². The van der Waals surface area contributed by atoms with Crippen molar-refractivity contribution in [1.82, 2.24) is 25.8 Å². The van der Waals surface area contributed by atoms with E-state index in [1.165, 1.54) is 74.0 Å². The summed E-state index contributed by atoms with van der Waals surface area (Å²) in [5.74, 6) is -0.180. The first-order valence-corrected chi connectivity index (χ1v) is 24.7. The van der Waals surface area contributed by atoms with Crippen LogP contribution in [0, 0.1) is 11.6 Å². The lowest BCUT2D eigenvalue weighted by atomic mass is 9.76. The summed E-state index contributed by atoms with van der Waals surface area (Å²) in [5, 5.41) is 36.4. The van der Waals surface area contributed by atoms with Crippen LogP contribution in [0.5, 0.6) is 11.8 Å². The maximum atomic E-state index is 14.3. The summed E-state index contributed by atoms with van der Waals surface area (Å²) in [6.45, 7) is 3.07. The molecule has 1 amide bonds. The molecule has 1 radical (unpaired) electrons. The van der Waals surface area contributed by atoms with Crippen LogP contribution in [0.15, 0.2) is 106 Å². The molecule has 6 aromatic rings. The van der Waals surface area contributed by atoms with Gasteiger partial charge in [-0.25, -0.2) is 33.2 Å². The number of esters is 3. The van der Waals surface area contributed by atoms with Gasteiger partial charge < -0.3 is 58.6 Å². The Morgan fingerprint density at radius 3 is 1.68 bits per heavy atom. The molecule has 0 spiro atoms. The van der Waals surface area contributed by atoms with Gasteiger partial charge in [-0.15, -0.1) is 0 Å². The van der Waals surface area contributed by atoms with Gasteiger partial charge in [0.1, 0.15) is 11.6 Å². The number of carboxylic acids is 2. The standard InChI is InChI=1S/C25H26ClFN4O7.C18H20ClFN2O3.C5H5NO4.C4H6BO3/c1-3-36-25(34)21(37-23(32)12-28)14-31(29-24(33)20-11-22(35-2)30-38-20)13-15-4-6-16(7-5-15)18-10-17(26)8-9-19(18)27;1-2-25-18(24)17(23)11-22(21)10-12-3-5-13(6-4-12)15-9-14(19)7-8-16(15)20;1-9-4-2-3(5(7)8)10-6-4;6-3-5-2-1-4(7)8/h4-11,21H,3,12-14,28H2,1-2H3,(H,29,33);3-9,17,23H,2,10-11,21H2,1H3;2H,1H3,(H,7,8);3H,1-2H2,(H,7,8)/t21-;17-;;/m11../s1. The number of carbonyl (C=O) groups is 7. The molecule has 2 atom stereocenters. The van der Waals surface area contributed by atoms with E-state index in [2.05, 4.69) is 25.0 Å². The molecule has 29 heteroatoms. The summed E-state index contributed by atoms with van der Waals surface area (Å²) in [4.78, 5) is 77.9. The average molecular weight is 1170 g/mol. The Hall–Kier alpha value is -8.31. The SMILES string of the molecule is CCOC(=O)[C@@H](CN(Cc1ccc(-c2cc(Cl)ccc2F)cc1)NC(=O)c1cc(OC)no1)OC(=O)CN.CCOC(=O)[C@H](O)CN(N)Cc1ccc(-c2cc(Cl)ccc2F)cc1.COc1cc(C(=O)O)on1.O=C[B]CCC(=O)O. The summed E-state index contributed by atoms with van der Waals surface area (Å²) in [7, 11) is 4.03. The van der Waals surface area contributed by atoms with Gasteiger partial charge in [0.05, 0.1) is 65.4 Å². The van der Waals surface area contributed by atoms with Crippen LogP contribution in [-0.4, -0.2) is 144 Å². The fraction of sp³-hybridized carbons (Fsp3) is 0.288. The van der Waals surface area contributed by atoms with Crippen LogP contribution in [0.25, 0.3) is 22.3 Å². The number of aliphatic hydroxyl groups is 1. The molecule has 6 rings (SSSR count). The van der Waals surface area contributed by atoms with Crippen molar-refractivity contribution in [3.63, 3.8) is 0 Å². The van der Waals surface area contributed by atoms with E-state index in [4.69, 9.17) is 68.5 Å². The zero-order valence-electron chi connectivity index (χ0n) is 43.9. The number of hydrogen-bond donors (Lipinski definition) is 6. The summed E-state index contributed by atoms with van der Waals surface area (Å²) < 4.78 is 61.9. The van der Waals surface area contributed by atoms with Crippen molar-refractivity contribution in [2.24, 2.45) is 11.6 Å². The second kappa shape index (κ2) is 35.3. The summed E-state index contributed by atoms with van der Waals surface area (Å²) in [6.07, 6.45) is -1.72. The highest BCUT2D eigenvalue weighted by Crippen LogP contribution is 2.28. The normalized spacial score (nSPS) is 11.2. The minimum atomic E-state index is -1.39. The number of nitrogens with zero attached hydrogens (tertiary/aromatic N) is 4. The zero-order valence-corrected chi connectivity index (χ0v) is 45.4. The number of halogens is 4. The first kappa shape index (κ1) is 67.0. The monoisotopic (exact) mass is 1170 g/mol. The van der Waals surface area contributed by atoms with Gasteiger partial charge in [-0.05, 0) is 82.8 Å². The maximum Gasteiger partial charge on any atom is 0.374 e. The Bertz CT molecular complexity index is 2990. The lowest BCUT2D eigenvalue weighted by molar-refractivity contribution is -0.168. The van der Waals surface area contributed by atoms with Crippen LogP contribution in [0.3, 0.4) is 0 Å². The number of aliphatic carboxylic acids is 1. The number of amides is 1. The van der Waals surface area contributed by atoms with E-state index in [0.717, 1.165) is 5.56 Å². The van der Waals surface area contributed by atoms with Gasteiger partial charge in [0.25, 0.3) is 11.8 Å². The fourth-order valence-electron chi connectivity index (χ4n) is 6.41. The van der Waals surface area contributed by atoms with Gasteiger partial charge in [-0.2, -0.15) is 0 Å². The van der Waals surface area contributed by atoms with Crippen molar-refractivity contribution in [3.8, 4) is 34.0 Å². The van der Waals surface area contributed by atoms with Crippen LogP contribution in [0.2, 0.25) is 16.4 Å². The first-order valence-electron chi connectivity index (χ1n) is 23.9. The molecule has 0 bridgehead atoms. The second-order valence-electron chi connectivity index (χ2n) is 16.2. The Morgan fingerprint density at radius 2 is 1.23 bits per heavy atom. The number of hydrogen-bond acceptors (Lipinski definition) is 21. The number of carbonyl (C=O) groups excluding carboxylic acids is 5. The minimum Gasteiger partial charge on any atom is -0.481 e. The third kappa shape index (κ3) is 23.9. The molecule has 433 valence electrons. The van der Waals surface area contributed by atoms with Crippen molar-refractivity contribution in [2.75, 3.05) is 47.1 Å². The molecule has 0 aliphatic rings. The van der Waals surface area contributed by atoms with E-state index in [9.17, 15) is 47.4 Å². The van der Waals surface area contributed by atoms with Crippen LogP contribution in [0.1, 0.15) is 52.5 Å². The lowest BCUT2D eigenvalue weighted by Crippen LogP contribution is -2.49. The number of methoxy groups -OCH3 is 2. The Morgan fingerprint density at radius 1 is 0.741 bits per heavy atom. The number of benzene rings is 4. The molecule has 2 heterocycles. The van der Waals surface area contributed by atoms with Gasteiger partial charge in [-0.3, -0.25) is 25.7 Å². The number of ether oxygens (including phenoxy) is 5. The molecule has 4 aromatic carbocycles. The van der Waals surface area contributed by atoms with Crippen LogP contribution in [0.4, 0.5) is 8.78 Å². The Labute approximate surface area is 472 Å². The zero-order chi connectivity index (χ0) is 60.0. The van der Waals surface area contributed by atoms with Crippen molar-refractivity contribution in [2.45, 2.75) is 51.9 Å². The average Bonchev–Trinajstić information content (AvgIpc) is 4.18. The third-order valence-electron chi connectivity index (χ3n) is 10.2. The second-order valence-corrected chi connectivity index (χ2v) is 17.0. The van der Waals surface area contributed by atoms with E-state index in [1.54, 1.807) is 68.4 Å². The van der Waals surface area contributed by atoms with Crippen molar-refractivity contribution < 1.29 is 90.4 Å². The smallest absolute Gasteiger partial charge is 0.374 e. The number of aliphatic hydroxyl groups excluding tert-OH is 1. The molecule has 8 N–H and O–H groups in total. The largest absolute Gasteiger partial charge is 0.481 e. The van der Waals surface area contributed by atoms with E-state index in [1.807, 2.05) is 0 Å². The number of aromatic nitrogens is 2. The molecule has 0 fully saturated rings. The molecule has 81 heavy (non-hydrogen) atoms. The lowest BCUT2D eigenvalue weighted by Gasteiger charge is -2.26. The number of carboxylic acid groups (broad SMARTS) is 2. The number of nitrogens with two attached hydrogens (primary N) is 2. The van der Waals surface area contributed by atoms with Gasteiger partial charge in [-0.1, -0.05) is 78.1 Å². The van der Waals surface area contributed by atoms with E-state index in [0.29, 0.717) is 56.9 Å². The predicted octanol–water partition coefficient (Wildman–Crippen LogP) is 5.62. The third-order valence-corrected chi connectivity index (χ3v) is 10.7. The molecule has 0 aliphatic carbocycles. The molecule has 0 unspecified atom stereocenters. The van der Waals surface area contributed by atoms with E-state index >= 15 is 0 Å². The minimum absolute atomic E-state index is 0.0404. The first-order chi connectivity index (χ1) is 38.6. The molecular weight excluding hydrogens is 1110 g/mol. The van der Waals surface area contributed by atoms with Crippen LogP contribution < -0.4 is 26.5 Å². The van der Waals surface area contributed by atoms with Crippen molar-refractivity contribution >= 4 is 72.4 Å². The molecule has 0 saturated heterocycles. The quantitative estimate of drug-likeness (QED) is 0.00770. The number of aromatic carboxylic acids is 1. The Kier molecular flexibility index (Phi) is 29.2. The van der Waals surface area contributed by atoms with Crippen molar-refractivity contribution in [3.05, 3.63) is 141 Å². The van der Waals surface area contributed by atoms with Gasteiger partial charge in [0, 0.05) is 40.7 Å². The van der Waals surface area contributed by atoms with E-state index < -0.39 is 60.3 Å². The fourth-order valence-corrected chi connectivity index (χ4v) is 6.76. The van der Waals surface area contributed by atoms with Gasteiger partial charge in [0.15, 0.2) is 13.4 Å². The van der Waals surface area contributed by atoms with Crippen molar-refractivity contribution in [1.29, 1.82) is 0 Å². The molecule has 24 nitrogen and oxygen atoms in total. The van der Waals surface area contributed by atoms with Crippen LogP contribution >= 0.6 is 23.2 Å². The Balaban J connectivity index is 0.000000338. The number of rotatable bonds is 25.